The average Bonchev–Trinajstić information content (AvgIpc) is 3.42. The molecule has 134 valence electrons. The zero-order chi connectivity index (χ0) is 18.2. The molecule has 4 aromatic rings. The summed E-state index contributed by atoms with van der Waals surface area (Å²) >= 11 is 3.20. The summed E-state index contributed by atoms with van der Waals surface area (Å²) in [7, 11) is 0. The van der Waals surface area contributed by atoms with Crippen LogP contribution in [0, 0.1) is 0 Å². The molecule has 5 rings (SSSR count). The molecular formula is C20H16N4OS2. The fourth-order valence-electron chi connectivity index (χ4n) is 3.38. The largest absolute Gasteiger partial charge is 0.331 e. The maximum absolute atomic E-state index is 12.7. The minimum atomic E-state index is -0.0821. The van der Waals surface area contributed by atoms with Crippen LogP contribution in [0.3, 0.4) is 0 Å². The van der Waals surface area contributed by atoms with E-state index in [4.69, 9.17) is 0 Å². The van der Waals surface area contributed by atoms with E-state index in [1.165, 1.54) is 16.6 Å². The number of aromatic nitrogens is 1. The smallest absolute Gasteiger partial charge is 0.245 e. The molecule has 0 radical (unpaired) electrons. The van der Waals surface area contributed by atoms with Crippen molar-refractivity contribution in [3.8, 4) is 0 Å². The molecule has 5 nitrogen and oxygen atoms in total. The van der Waals surface area contributed by atoms with E-state index < -0.39 is 0 Å². The first-order chi connectivity index (χ1) is 13.3. The SMILES string of the molecule is O=C(Cn1c2ccccc2c2ccccc21)NC1=NNC(c2cccs2)S1. The Morgan fingerprint density at radius 1 is 1.04 bits per heavy atom. The van der Waals surface area contributed by atoms with Crippen molar-refractivity contribution in [1.82, 2.24) is 15.3 Å². The van der Waals surface area contributed by atoms with Gasteiger partial charge < -0.3 is 9.88 Å². The summed E-state index contributed by atoms with van der Waals surface area (Å²) in [5.74, 6) is -0.0821. The van der Waals surface area contributed by atoms with Gasteiger partial charge >= 0.3 is 0 Å². The molecule has 2 aromatic carbocycles. The van der Waals surface area contributed by atoms with Crippen LogP contribution in [0.1, 0.15) is 10.3 Å². The predicted octanol–water partition coefficient (Wildman–Crippen LogP) is 4.28. The average molecular weight is 393 g/mol. The lowest BCUT2D eigenvalue weighted by Crippen LogP contribution is -2.30. The summed E-state index contributed by atoms with van der Waals surface area (Å²) in [5, 5.41) is 12.2. The van der Waals surface area contributed by atoms with Gasteiger partial charge in [-0.3, -0.25) is 10.2 Å². The van der Waals surface area contributed by atoms with Crippen LogP contribution in [-0.2, 0) is 11.3 Å². The Bertz CT molecular complexity index is 1110. The van der Waals surface area contributed by atoms with Crippen LogP contribution in [0.25, 0.3) is 21.8 Å². The van der Waals surface area contributed by atoms with Crippen LogP contribution in [0.4, 0.5) is 0 Å². The van der Waals surface area contributed by atoms with E-state index in [1.807, 2.05) is 35.7 Å². The molecule has 0 fully saturated rings. The van der Waals surface area contributed by atoms with Gasteiger partial charge in [-0.15, -0.1) is 11.3 Å². The summed E-state index contributed by atoms with van der Waals surface area (Å²) in [6.45, 7) is 0.247. The lowest BCUT2D eigenvalue weighted by atomic mass is 10.2. The monoisotopic (exact) mass is 392 g/mol. The van der Waals surface area contributed by atoms with Gasteiger partial charge in [0.15, 0.2) is 5.17 Å². The van der Waals surface area contributed by atoms with E-state index in [2.05, 4.69) is 50.7 Å². The van der Waals surface area contributed by atoms with Crippen LogP contribution in [0.5, 0.6) is 0 Å². The van der Waals surface area contributed by atoms with Crippen molar-refractivity contribution in [3.63, 3.8) is 0 Å². The number of nitrogens with zero attached hydrogens (tertiary/aromatic N) is 2. The van der Waals surface area contributed by atoms with Crippen LogP contribution < -0.4 is 10.7 Å². The van der Waals surface area contributed by atoms with Gasteiger partial charge in [-0.25, -0.2) is 0 Å². The number of amides is 1. The second-order valence-electron chi connectivity index (χ2n) is 6.23. The minimum absolute atomic E-state index is 0.0635. The maximum atomic E-state index is 12.7. The molecule has 0 saturated heterocycles. The van der Waals surface area contributed by atoms with Gasteiger partial charge in [-0.1, -0.05) is 54.2 Å². The standard InChI is InChI=1S/C20H16N4OS2/c25-18(21-20-23-22-19(27-20)17-10-5-11-26-17)12-24-15-8-3-1-6-13(15)14-7-2-4-9-16(14)24/h1-11,19,22H,12H2,(H,21,23,25). The number of thioether (sulfide) groups is 1. The molecule has 3 heterocycles. The summed E-state index contributed by atoms with van der Waals surface area (Å²) in [6, 6.07) is 20.4. The molecule has 1 amide bonds. The second kappa shape index (κ2) is 6.75. The Morgan fingerprint density at radius 3 is 2.41 bits per heavy atom. The molecule has 0 bridgehead atoms. The van der Waals surface area contributed by atoms with Gasteiger partial charge in [0.25, 0.3) is 0 Å². The van der Waals surface area contributed by atoms with Crippen molar-refractivity contribution in [2.24, 2.45) is 5.10 Å². The van der Waals surface area contributed by atoms with Crippen molar-refractivity contribution in [2.45, 2.75) is 11.9 Å². The fourth-order valence-corrected chi connectivity index (χ4v) is 5.14. The highest BCUT2D eigenvalue weighted by molar-refractivity contribution is 8.14. The number of amidine groups is 1. The number of hydrazone groups is 1. The maximum Gasteiger partial charge on any atom is 0.245 e. The lowest BCUT2D eigenvalue weighted by molar-refractivity contribution is -0.120. The Kier molecular flexibility index (Phi) is 4.10. The predicted molar refractivity (Wildman–Crippen MR) is 113 cm³/mol. The van der Waals surface area contributed by atoms with Gasteiger partial charge in [-0.05, 0) is 23.6 Å². The molecule has 0 saturated carbocycles. The number of hydrogen-bond donors (Lipinski definition) is 2. The molecule has 0 aliphatic carbocycles. The summed E-state index contributed by atoms with van der Waals surface area (Å²) in [6.07, 6.45) is 0. The Morgan fingerprint density at radius 2 is 1.74 bits per heavy atom. The molecule has 1 aliphatic heterocycles. The summed E-state index contributed by atoms with van der Waals surface area (Å²) in [4.78, 5) is 13.9. The highest BCUT2D eigenvalue weighted by atomic mass is 32.2. The molecule has 2 N–H and O–H groups in total. The number of carbonyl (C=O) groups excluding carboxylic acids is 1. The van der Waals surface area contributed by atoms with E-state index in [0.717, 1.165) is 21.8 Å². The van der Waals surface area contributed by atoms with Gasteiger partial charge in [-0.2, -0.15) is 5.10 Å². The lowest BCUT2D eigenvalue weighted by Gasteiger charge is -2.09. The van der Waals surface area contributed by atoms with Crippen LogP contribution >= 0.6 is 23.1 Å². The zero-order valence-corrected chi connectivity index (χ0v) is 15.9. The van der Waals surface area contributed by atoms with E-state index in [1.54, 1.807) is 11.3 Å². The normalized spacial score (nSPS) is 16.4. The van der Waals surface area contributed by atoms with E-state index >= 15 is 0 Å². The molecule has 1 aliphatic rings. The Labute approximate surface area is 164 Å². The highest BCUT2D eigenvalue weighted by Gasteiger charge is 2.23. The number of benzene rings is 2. The zero-order valence-electron chi connectivity index (χ0n) is 14.3. The van der Waals surface area contributed by atoms with Crippen molar-refractivity contribution < 1.29 is 4.79 Å². The van der Waals surface area contributed by atoms with Gasteiger partial charge in [0.2, 0.25) is 5.91 Å². The van der Waals surface area contributed by atoms with Crippen molar-refractivity contribution >= 4 is 56.0 Å². The third-order valence-corrected chi connectivity index (χ3v) is 6.64. The minimum Gasteiger partial charge on any atom is -0.331 e. The third-order valence-electron chi connectivity index (χ3n) is 4.54. The number of carbonyl (C=O) groups is 1. The molecule has 27 heavy (non-hydrogen) atoms. The summed E-state index contributed by atoms with van der Waals surface area (Å²) < 4.78 is 2.06. The van der Waals surface area contributed by atoms with Crippen molar-refractivity contribution in [2.75, 3.05) is 0 Å². The van der Waals surface area contributed by atoms with Crippen molar-refractivity contribution in [3.05, 3.63) is 70.9 Å². The van der Waals surface area contributed by atoms with Crippen LogP contribution in [0.2, 0.25) is 0 Å². The molecule has 2 aromatic heterocycles. The number of rotatable bonds is 3. The molecule has 1 atom stereocenters. The van der Waals surface area contributed by atoms with Crippen molar-refractivity contribution in [1.29, 1.82) is 0 Å². The van der Waals surface area contributed by atoms with Crippen LogP contribution in [0.15, 0.2) is 71.1 Å². The number of para-hydroxylation sites is 2. The van der Waals surface area contributed by atoms with E-state index in [-0.39, 0.29) is 17.8 Å². The number of thiophene rings is 1. The first-order valence-corrected chi connectivity index (χ1v) is 10.3. The van der Waals surface area contributed by atoms with E-state index in [9.17, 15) is 4.79 Å². The summed E-state index contributed by atoms with van der Waals surface area (Å²) in [5.41, 5.74) is 5.19. The quantitative estimate of drug-likeness (QED) is 0.547. The first kappa shape index (κ1) is 16.4. The second-order valence-corrected chi connectivity index (χ2v) is 8.30. The molecule has 7 heteroatoms. The van der Waals surface area contributed by atoms with Crippen LogP contribution in [-0.4, -0.2) is 15.6 Å². The molecule has 0 spiro atoms. The number of fused-ring (bicyclic) bond motifs is 3. The van der Waals surface area contributed by atoms with Gasteiger partial charge in [0.1, 0.15) is 11.9 Å². The third kappa shape index (κ3) is 2.98. The number of nitrogens with one attached hydrogen (secondary N) is 2. The number of hydrogen-bond acceptors (Lipinski definition) is 5. The topological polar surface area (TPSA) is 58.4 Å². The fraction of sp³-hybridized carbons (Fsp3) is 0.100. The first-order valence-electron chi connectivity index (χ1n) is 8.59. The molecule has 1 unspecified atom stereocenters. The van der Waals surface area contributed by atoms with Gasteiger partial charge in [0, 0.05) is 26.7 Å². The Hall–Kier alpha value is -2.77. The highest BCUT2D eigenvalue weighted by Crippen LogP contribution is 2.33. The van der Waals surface area contributed by atoms with Gasteiger partial charge in [0.05, 0.1) is 0 Å². The van der Waals surface area contributed by atoms with E-state index in [0.29, 0.717) is 5.17 Å². The molecular weight excluding hydrogens is 376 g/mol. The Balaban J connectivity index is 1.37.